The molecule has 0 unspecified atom stereocenters. The van der Waals surface area contributed by atoms with Crippen LogP contribution in [0.4, 0.5) is 4.39 Å². The van der Waals surface area contributed by atoms with Crippen molar-refractivity contribution in [1.82, 2.24) is 9.55 Å². The van der Waals surface area contributed by atoms with Gasteiger partial charge in [0, 0.05) is 12.7 Å². The quantitative estimate of drug-likeness (QED) is 0.852. The zero-order valence-corrected chi connectivity index (χ0v) is 10.7. The van der Waals surface area contributed by atoms with E-state index in [0.717, 1.165) is 6.07 Å². The fourth-order valence-corrected chi connectivity index (χ4v) is 3.07. The molecule has 1 aromatic heterocycles. The van der Waals surface area contributed by atoms with E-state index >= 15 is 0 Å². The number of hydrogen-bond donors (Lipinski definition) is 0. The molecule has 0 radical (unpaired) electrons. The van der Waals surface area contributed by atoms with Crippen LogP contribution >= 0.6 is 0 Å². The number of aryl methyl sites for hydroxylation is 1. The van der Waals surface area contributed by atoms with Crippen molar-refractivity contribution >= 4 is 9.84 Å². The van der Waals surface area contributed by atoms with Crippen molar-refractivity contribution < 1.29 is 12.8 Å². The van der Waals surface area contributed by atoms with Gasteiger partial charge in [0.2, 0.25) is 0 Å². The lowest BCUT2D eigenvalue weighted by Gasteiger charge is -2.06. The average molecular weight is 268 g/mol. The number of benzene rings is 1. The second-order valence-electron chi connectivity index (χ2n) is 3.89. The molecule has 0 aliphatic heterocycles. The third kappa shape index (κ3) is 2.59. The molecule has 96 valence electrons. The molecule has 1 heterocycles. The minimum Gasteiger partial charge on any atom is -0.334 e. The second-order valence-corrected chi connectivity index (χ2v) is 5.88. The summed E-state index contributed by atoms with van der Waals surface area (Å²) >= 11 is 0. The van der Waals surface area contributed by atoms with E-state index < -0.39 is 15.7 Å². The molecule has 18 heavy (non-hydrogen) atoms. The Morgan fingerprint density at radius 1 is 1.39 bits per heavy atom. The number of rotatable bonds is 4. The molecule has 0 atom stereocenters. The van der Waals surface area contributed by atoms with Gasteiger partial charge >= 0.3 is 0 Å². The highest BCUT2D eigenvalue weighted by atomic mass is 32.2. The van der Waals surface area contributed by atoms with Crippen molar-refractivity contribution in [1.29, 1.82) is 0 Å². The van der Waals surface area contributed by atoms with Gasteiger partial charge in [-0.3, -0.25) is 0 Å². The maximum absolute atomic E-state index is 13.0. The number of nitrogens with zero attached hydrogens (tertiary/aromatic N) is 2. The molecular formula is C12H13FN2O2S. The monoisotopic (exact) mass is 268 g/mol. The Bertz CT molecular complexity index is 650. The molecule has 0 N–H and O–H groups in total. The van der Waals surface area contributed by atoms with E-state index in [1.54, 1.807) is 10.9 Å². The molecule has 0 aliphatic rings. The highest BCUT2D eigenvalue weighted by Gasteiger charge is 2.18. The van der Waals surface area contributed by atoms with Crippen LogP contribution < -0.4 is 0 Å². The number of hydrogen-bond acceptors (Lipinski definition) is 3. The van der Waals surface area contributed by atoms with Crippen LogP contribution in [-0.4, -0.2) is 18.0 Å². The predicted molar refractivity (Wildman–Crippen MR) is 65.2 cm³/mol. The molecule has 0 fully saturated rings. The molecule has 0 bridgehead atoms. The zero-order valence-electron chi connectivity index (χ0n) is 9.88. The Morgan fingerprint density at radius 2 is 2.17 bits per heavy atom. The fraction of sp³-hybridized carbons (Fsp3) is 0.250. The number of aromatic nitrogens is 2. The predicted octanol–water partition coefficient (Wildman–Crippen LogP) is 2.02. The first-order chi connectivity index (χ1) is 8.53. The van der Waals surface area contributed by atoms with Crippen molar-refractivity contribution in [3.8, 4) is 0 Å². The Balaban J connectivity index is 2.33. The van der Waals surface area contributed by atoms with E-state index in [-0.39, 0.29) is 10.6 Å². The minimum atomic E-state index is -3.54. The van der Waals surface area contributed by atoms with Crippen LogP contribution in [0.5, 0.6) is 0 Å². The van der Waals surface area contributed by atoms with Gasteiger partial charge in [0.15, 0.2) is 9.84 Å². The summed E-state index contributed by atoms with van der Waals surface area (Å²) in [6.45, 7) is 2.55. The van der Waals surface area contributed by atoms with Crippen molar-refractivity contribution in [2.45, 2.75) is 24.1 Å². The molecule has 2 rings (SSSR count). The van der Waals surface area contributed by atoms with Gasteiger partial charge in [-0.05, 0) is 25.1 Å². The van der Waals surface area contributed by atoms with Crippen LogP contribution in [0.25, 0.3) is 0 Å². The van der Waals surface area contributed by atoms with Gasteiger partial charge in [-0.25, -0.2) is 17.8 Å². The lowest BCUT2D eigenvalue weighted by atomic mass is 10.4. The van der Waals surface area contributed by atoms with Gasteiger partial charge in [0.05, 0.1) is 22.7 Å². The molecule has 6 heteroatoms. The average Bonchev–Trinajstić information content (AvgIpc) is 2.75. The second kappa shape index (κ2) is 4.89. The zero-order chi connectivity index (χ0) is 13.2. The van der Waals surface area contributed by atoms with Gasteiger partial charge in [-0.2, -0.15) is 0 Å². The molecule has 1 aromatic carbocycles. The minimum absolute atomic E-state index is 0.00801. The molecule has 2 aromatic rings. The third-order valence-corrected chi connectivity index (χ3v) is 4.28. The van der Waals surface area contributed by atoms with E-state index in [4.69, 9.17) is 0 Å². The summed E-state index contributed by atoms with van der Waals surface area (Å²) in [4.78, 5) is 3.90. The number of halogens is 1. The number of sulfone groups is 1. The molecular weight excluding hydrogens is 255 g/mol. The van der Waals surface area contributed by atoms with Gasteiger partial charge in [0.25, 0.3) is 0 Å². The summed E-state index contributed by atoms with van der Waals surface area (Å²) in [6, 6.07) is 5.03. The van der Waals surface area contributed by atoms with Gasteiger partial charge in [-0.15, -0.1) is 0 Å². The van der Waals surface area contributed by atoms with Crippen LogP contribution in [-0.2, 0) is 22.1 Å². The molecule has 0 spiro atoms. The van der Waals surface area contributed by atoms with Crippen molar-refractivity contribution in [2.24, 2.45) is 0 Å². The van der Waals surface area contributed by atoms with Crippen molar-refractivity contribution in [3.63, 3.8) is 0 Å². The SMILES string of the molecule is CCn1cncc1CS(=O)(=O)c1cccc(F)c1. The summed E-state index contributed by atoms with van der Waals surface area (Å²) in [6.07, 6.45) is 3.09. The highest BCUT2D eigenvalue weighted by molar-refractivity contribution is 7.90. The highest BCUT2D eigenvalue weighted by Crippen LogP contribution is 2.17. The fourth-order valence-electron chi connectivity index (χ4n) is 1.69. The lowest BCUT2D eigenvalue weighted by molar-refractivity contribution is 0.587. The third-order valence-electron chi connectivity index (χ3n) is 2.63. The first kappa shape index (κ1) is 12.8. The van der Waals surface area contributed by atoms with Crippen molar-refractivity contribution in [2.75, 3.05) is 0 Å². The Morgan fingerprint density at radius 3 is 2.83 bits per heavy atom. The standard InChI is InChI=1S/C12H13FN2O2S/c1-2-15-9-14-7-11(15)8-18(16,17)12-5-3-4-10(13)6-12/h3-7,9H,2,8H2,1H3. The van der Waals surface area contributed by atoms with Crippen LogP contribution in [0.2, 0.25) is 0 Å². The Kier molecular flexibility index (Phi) is 3.47. The summed E-state index contributed by atoms with van der Waals surface area (Å²) < 4.78 is 39.0. The maximum Gasteiger partial charge on any atom is 0.184 e. The van der Waals surface area contributed by atoms with Crippen LogP contribution in [0.1, 0.15) is 12.6 Å². The van der Waals surface area contributed by atoms with E-state index in [0.29, 0.717) is 12.2 Å². The topological polar surface area (TPSA) is 52.0 Å². The Labute approximate surface area is 105 Å². The molecule has 0 saturated carbocycles. The van der Waals surface area contributed by atoms with E-state index in [9.17, 15) is 12.8 Å². The first-order valence-electron chi connectivity index (χ1n) is 5.50. The lowest BCUT2D eigenvalue weighted by Crippen LogP contribution is -2.09. The largest absolute Gasteiger partial charge is 0.334 e. The van der Waals surface area contributed by atoms with E-state index in [2.05, 4.69) is 4.98 Å². The van der Waals surface area contributed by atoms with Crippen LogP contribution in [0.15, 0.2) is 41.7 Å². The van der Waals surface area contributed by atoms with Gasteiger partial charge in [0.1, 0.15) is 5.82 Å². The molecule has 0 amide bonds. The van der Waals surface area contributed by atoms with Crippen LogP contribution in [0, 0.1) is 5.82 Å². The first-order valence-corrected chi connectivity index (χ1v) is 7.15. The van der Waals surface area contributed by atoms with E-state index in [1.165, 1.54) is 24.4 Å². The van der Waals surface area contributed by atoms with Crippen molar-refractivity contribution in [3.05, 3.63) is 48.3 Å². The normalized spacial score (nSPS) is 11.7. The smallest absolute Gasteiger partial charge is 0.184 e. The van der Waals surface area contributed by atoms with Crippen LogP contribution in [0.3, 0.4) is 0 Å². The summed E-state index contributed by atoms with van der Waals surface area (Å²) in [5.74, 6) is -0.732. The summed E-state index contributed by atoms with van der Waals surface area (Å²) in [5, 5.41) is 0. The molecule has 4 nitrogen and oxygen atoms in total. The molecule has 0 saturated heterocycles. The summed E-state index contributed by atoms with van der Waals surface area (Å²) in [5.41, 5.74) is 0.599. The Hall–Kier alpha value is -1.69. The maximum atomic E-state index is 13.0. The van der Waals surface area contributed by atoms with Gasteiger partial charge in [-0.1, -0.05) is 6.07 Å². The van der Waals surface area contributed by atoms with E-state index in [1.807, 2.05) is 6.92 Å². The van der Waals surface area contributed by atoms with Gasteiger partial charge < -0.3 is 4.57 Å². The molecule has 0 aliphatic carbocycles. The summed E-state index contributed by atoms with van der Waals surface area (Å²) in [7, 11) is -3.54. The number of imidazole rings is 1.